The number of hydrogen-bond acceptors (Lipinski definition) is 5. The number of benzene rings is 3. The maximum absolute atomic E-state index is 13.5. The van der Waals surface area contributed by atoms with Crippen LogP contribution in [0, 0.1) is 13.8 Å². The third-order valence-corrected chi connectivity index (χ3v) is 7.07. The van der Waals surface area contributed by atoms with Crippen LogP contribution in [0.4, 0.5) is 0 Å². The van der Waals surface area contributed by atoms with Gasteiger partial charge in [0.1, 0.15) is 5.76 Å². The first-order valence-corrected chi connectivity index (χ1v) is 13.1. The smallest absolute Gasteiger partial charge is 0.338 e. The number of aryl methyl sites for hydroxylation is 2. The minimum absolute atomic E-state index is 0.0721. The standard InChI is InChI=1S/C33H35NO5/c1-7-39-32(38)23-14-12-22(13-15-23)19-34-28(24-10-8-9-20(2)17-24)27(30(36)31(34)37)29(35)26-18-25(33(4,5)6)16-11-21(26)3/h8-18,28,35H,7,19H2,1-6H3/b29-27+. The second kappa shape index (κ2) is 10.9. The summed E-state index contributed by atoms with van der Waals surface area (Å²) in [4.78, 5) is 40.5. The lowest BCUT2D eigenvalue weighted by atomic mass is 9.84. The van der Waals surface area contributed by atoms with Gasteiger partial charge in [0.25, 0.3) is 11.7 Å². The maximum Gasteiger partial charge on any atom is 0.338 e. The number of Topliss-reactive ketones (excluding diaryl/α,β-unsaturated/α-hetero) is 1. The summed E-state index contributed by atoms with van der Waals surface area (Å²) in [6, 6.07) is 19.5. The van der Waals surface area contributed by atoms with Crippen molar-refractivity contribution in [2.45, 2.75) is 59.5 Å². The van der Waals surface area contributed by atoms with E-state index in [1.54, 1.807) is 31.2 Å². The van der Waals surface area contributed by atoms with E-state index in [2.05, 4.69) is 20.8 Å². The summed E-state index contributed by atoms with van der Waals surface area (Å²) in [5.74, 6) is -1.99. The van der Waals surface area contributed by atoms with E-state index in [4.69, 9.17) is 4.74 Å². The number of likely N-dealkylation sites (tertiary alicyclic amines) is 1. The normalized spacial score (nSPS) is 17.0. The largest absolute Gasteiger partial charge is 0.507 e. The van der Waals surface area contributed by atoms with Crippen LogP contribution in [0.2, 0.25) is 0 Å². The number of ether oxygens (including phenoxy) is 1. The van der Waals surface area contributed by atoms with Gasteiger partial charge in [-0.25, -0.2) is 4.79 Å². The molecule has 6 heteroatoms. The van der Waals surface area contributed by atoms with Crippen LogP contribution in [0.5, 0.6) is 0 Å². The molecule has 1 unspecified atom stereocenters. The van der Waals surface area contributed by atoms with E-state index in [1.165, 1.54) is 4.90 Å². The predicted octanol–water partition coefficient (Wildman–Crippen LogP) is 6.40. The average molecular weight is 526 g/mol. The number of hydrogen-bond donors (Lipinski definition) is 1. The van der Waals surface area contributed by atoms with Crippen LogP contribution in [-0.2, 0) is 26.3 Å². The van der Waals surface area contributed by atoms with Crippen LogP contribution in [0.3, 0.4) is 0 Å². The number of esters is 1. The first-order chi connectivity index (χ1) is 18.4. The fourth-order valence-corrected chi connectivity index (χ4v) is 4.88. The van der Waals surface area contributed by atoms with Gasteiger partial charge in [0.15, 0.2) is 0 Å². The summed E-state index contributed by atoms with van der Waals surface area (Å²) in [5, 5.41) is 11.6. The molecule has 1 aliphatic heterocycles. The van der Waals surface area contributed by atoms with Crippen molar-refractivity contribution in [2.24, 2.45) is 0 Å². The molecular formula is C33H35NO5. The van der Waals surface area contributed by atoms with Gasteiger partial charge in [-0.1, -0.05) is 74.9 Å². The molecule has 0 bridgehead atoms. The number of carbonyl (C=O) groups excluding carboxylic acids is 3. The molecule has 0 radical (unpaired) electrons. The molecule has 202 valence electrons. The molecule has 1 aliphatic rings. The Morgan fingerprint density at radius 3 is 2.28 bits per heavy atom. The second-order valence-corrected chi connectivity index (χ2v) is 11.0. The fourth-order valence-electron chi connectivity index (χ4n) is 4.88. The second-order valence-electron chi connectivity index (χ2n) is 11.0. The summed E-state index contributed by atoms with van der Waals surface area (Å²) < 4.78 is 5.06. The lowest BCUT2D eigenvalue weighted by molar-refractivity contribution is -0.140. The third kappa shape index (κ3) is 5.65. The molecule has 4 rings (SSSR count). The summed E-state index contributed by atoms with van der Waals surface area (Å²) in [7, 11) is 0. The first-order valence-electron chi connectivity index (χ1n) is 13.1. The Morgan fingerprint density at radius 2 is 1.67 bits per heavy atom. The molecule has 0 spiro atoms. The number of aliphatic hydroxyl groups is 1. The molecule has 0 aliphatic carbocycles. The van der Waals surface area contributed by atoms with Gasteiger partial charge >= 0.3 is 5.97 Å². The molecule has 39 heavy (non-hydrogen) atoms. The number of ketones is 1. The Hall–Kier alpha value is -4.19. The van der Waals surface area contributed by atoms with E-state index in [-0.39, 0.29) is 29.9 Å². The van der Waals surface area contributed by atoms with Crippen molar-refractivity contribution in [3.63, 3.8) is 0 Å². The SMILES string of the molecule is CCOC(=O)c1ccc(CN2C(=O)C(=O)/C(=C(/O)c3cc(C(C)(C)C)ccc3C)C2c2cccc(C)c2)cc1. The maximum atomic E-state index is 13.5. The van der Waals surface area contributed by atoms with Crippen LogP contribution in [0.15, 0.2) is 72.3 Å². The molecule has 3 aromatic rings. The van der Waals surface area contributed by atoms with Gasteiger partial charge in [-0.2, -0.15) is 0 Å². The Morgan fingerprint density at radius 1 is 0.974 bits per heavy atom. The third-order valence-electron chi connectivity index (χ3n) is 7.07. The highest BCUT2D eigenvalue weighted by Crippen LogP contribution is 2.41. The van der Waals surface area contributed by atoms with E-state index in [0.717, 1.165) is 27.8 Å². The summed E-state index contributed by atoms with van der Waals surface area (Å²) in [6.45, 7) is 12.2. The Bertz CT molecular complexity index is 1460. The predicted molar refractivity (Wildman–Crippen MR) is 151 cm³/mol. The monoisotopic (exact) mass is 525 g/mol. The highest BCUT2D eigenvalue weighted by atomic mass is 16.5. The molecule has 0 saturated carbocycles. The summed E-state index contributed by atoms with van der Waals surface area (Å²) >= 11 is 0. The topological polar surface area (TPSA) is 83.9 Å². The molecule has 3 aromatic carbocycles. The quantitative estimate of drug-likeness (QED) is 0.174. The Kier molecular flexibility index (Phi) is 7.77. The molecule has 1 heterocycles. The molecule has 1 fully saturated rings. The zero-order chi connectivity index (χ0) is 28.5. The summed E-state index contributed by atoms with van der Waals surface area (Å²) in [6.07, 6.45) is 0. The first kappa shape index (κ1) is 27.8. The minimum atomic E-state index is -0.771. The average Bonchev–Trinajstić information content (AvgIpc) is 3.13. The van der Waals surface area contributed by atoms with E-state index < -0.39 is 23.7 Å². The van der Waals surface area contributed by atoms with Crippen molar-refractivity contribution in [1.29, 1.82) is 0 Å². The van der Waals surface area contributed by atoms with Crippen LogP contribution in [-0.4, -0.2) is 34.3 Å². The lowest BCUT2D eigenvalue weighted by Crippen LogP contribution is -2.29. The molecule has 6 nitrogen and oxygen atoms in total. The number of carbonyl (C=O) groups is 3. The zero-order valence-electron chi connectivity index (χ0n) is 23.4. The van der Waals surface area contributed by atoms with Gasteiger partial charge in [-0.15, -0.1) is 0 Å². The molecule has 1 N–H and O–H groups in total. The number of nitrogens with zero attached hydrogens (tertiary/aromatic N) is 1. The van der Waals surface area contributed by atoms with Crippen molar-refractivity contribution >= 4 is 23.4 Å². The van der Waals surface area contributed by atoms with E-state index in [9.17, 15) is 19.5 Å². The van der Waals surface area contributed by atoms with Crippen molar-refractivity contribution in [1.82, 2.24) is 4.90 Å². The Labute approximate surface area is 229 Å². The molecule has 1 amide bonds. The Balaban J connectivity index is 1.83. The number of rotatable bonds is 6. The minimum Gasteiger partial charge on any atom is -0.507 e. The van der Waals surface area contributed by atoms with Gasteiger partial charge in [0.05, 0.1) is 23.8 Å². The lowest BCUT2D eigenvalue weighted by Gasteiger charge is -2.26. The van der Waals surface area contributed by atoms with Gasteiger partial charge in [0.2, 0.25) is 0 Å². The molecule has 1 atom stereocenters. The van der Waals surface area contributed by atoms with Gasteiger partial charge < -0.3 is 14.7 Å². The van der Waals surface area contributed by atoms with Crippen molar-refractivity contribution in [3.8, 4) is 0 Å². The highest BCUT2D eigenvalue weighted by Gasteiger charge is 2.46. The van der Waals surface area contributed by atoms with Gasteiger partial charge in [-0.3, -0.25) is 9.59 Å². The molecule has 0 aromatic heterocycles. The van der Waals surface area contributed by atoms with Gasteiger partial charge in [0, 0.05) is 12.1 Å². The van der Waals surface area contributed by atoms with Crippen LogP contribution < -0.4 is 0 Å². The van der Waals surface area contributed by atoms with Crippen molar-refractivity contribution in [2.75, 3.05) is 6.61 Å². The molecule has 1 saturated heterocycles. The van der Waals surface area contributed by atoms with Crippen molar-refractivity contribution in [3.05, 3.63) is 111 Å². The number of aliphatic hydroxyl groups excluding tert-OH is 1. The van der Waals surface area contributed by atoms with Gasteiger partial charge in [-0.05, 0) is 66.6 Å². The van der Waals surface area contributed by atoms with E-state index >= 15 is 0 Å². The highest BCUT2D eigenvalue weighted by molar-refractivity contribution is 6.46. The molecular weight excluding hydrogens is 490 g/mol. The zero-order valence-corrected chi connectivity index (χ0v) is 23.4. The number of amides is 1. The van der Waals surface area contributed by atoms with Crippen LogP contribution in [0.1, 0.15) is 77.5 Å². The van der Waals surface area contributed by atoms with Crippen LogP contribution in [0.25, 0.3) is 5.76 Å². The van der Waals surface area contributed by atoms with E-state index in [1.807, 2.05) is 56.3 Å². The fraction of sp³-hybridized carbons (Fsp3) is 0.303. The summed E-state index contributed by atoms with van der Waals surface area (Å²) in [5.41, 5.74) is 5.13. The van der Waals surface area contributed by atoms with Crippen molar-refractivity contribution < 1.29 is 24.2 Å². The van der Waals surface area contributed by atoms with Crippen LogP contribution >= 0.6 is 0 Å². The van der Waals surface area contributed by atoms with E-state index in [0.29, 0.717) is 11.1 Å².